The number of imidazole rings is 1. The summed E-state index contributed by atoms with van der Waals surface area (Å²) in [5.74, 6) is 0.854. The first-order valence-electron chi connectivity index (χ1n) is 16.8. The quantitative estimate of drug-likeness (QED) is 0.229. The number of benzene rings is 3. The minimum absolute atomic E-state index is 0.253. The summed E-state index contributed by atoms with van der Waals surface area (Å²) in [4.78, 5) is 37.0. The molecule has 5 aromatic rings. The van der Waals surface area contributed by atoms with Crippen molar-refractivity contribution >= 4 is 28.6 Å². The summed E-state index contributed by atoms with van der Waals surface area (Å²) in [5, 5.41) is 2.21. The van der Waals surface area contributed by atoms with Gasteiger partial charge in [0.05, 0.1) is 24.1 Å². The van der Waals surface area contributed by atoms with Crippen molar-refractivity contribution in [1.29, 1.82) is 0 Å². The predicted octanol–water partition coefficient (Wildman–Crippen LogP) is 5.45. The molecule has 2 aliphatic heterocycles. The Balaban J connectivity index is 1.11. The van der Waals surface area contributed by atoms with Crippen molar-refractivity contribution in [3.63, 3.8) is 0 Å². The largest absolute Gasteiger partial charge is 0.445 e. The number of likely N-dealkylation sites (N-methyl/N-ethyl adjacent to an activating group) is 1. The molecule has 7 rings (SSSR count). The molecular formula is C38H43N7O3. The second kappa shape index (κ2) is 13.9. The van der Waals surface area contributed by atoms with E-state index in [1.165, 1.54) is 0 Å². The molecule has 2 saturated heterocycles. The zero-order chi connectivity index (χ0) is 33.0. The first-order chi connectivity index (χ1) is 23.4. The summed E-state index contributed by atoms with van der Waals surface area (Å²) in [7, 11) is 2.13. The molecule has 10 heteroatoms. The van der Waals surface area contributed by atoms with Crippen LogP contribution in [0.2, 0.25) is 0 Å². The molecular weight excluding hydrogens is 602 g/mol. The van der Waals surface area contributed by atoms with Gasteiger partial charge >= 0.3 is 6.09 Å². The van der Waals surface area contributed by atoms with Gasteiger partial charge < -0.3 is 34.3 Å². The lowest BCUT2D eigenvalue weighted by atomic mass is 9.97. The Morgan fingerprint density at radius 2 is 1.58 bits per heavy atom. The van der Waals surface area contributed by atoms with E-state index in [1.807, 2.05) is 66.0 Å². The van der Waals surface area contributed by atoms with E-state index in [9.17, 15) is 9.59 Å². The Hall–Kier alpha value is -5.09. The predicted molar refractivity (Wildman–Crippen MR) is 188 cm³/mol. The fourth-order valence-corrected chi connectivity index (χ4v) is 7.14. The topological polar surface area (TPSA) is 102 Å². The number of hydrogen-bond acceptors (Lipinski definition) is 6. The molecule has 2 aliphatic rings. The Labute approximate surface area is 281 Å². The number of carbonyl (C=O) groups is 2. The maximum atomic E-state index is 13.3. The highest BCUT2D eigenvalue weighted by molar-refractivity contribution is 6.09. The number of hydrogen-bond donors (Lipinski definition) is 1. The van der Waals surface area contributed by atoms with Crippen LogP contribution in [0.15, 0.2) is 91.5 Å². The molecule has 0 bridgehead atoms. The standard InChI is InChI=1S/C38H43N7O3/c1-41-18-20-42(21-19-41)37-35(36(39)46)34(33-13-7-11-30-10-5-6-12-32(30)33)25-44(37)24-31-22-40-27-45(31)23-28-14-16-43(17-15-28)38(47)48-26-29-8-3-2-4-9-29/h2-13,22,25,27-28H,14-21,23-24,26H2,1H3,(H2,39,46). The van der Waals surface area contributed by atoms with Gasteiger partial charge in [0, 0.05) is 63.8 Å². The zero-order valence-electron chi connectivity index (χ0n) is 27.5. The van der Waals surface area contributed by atoms with E-state index in [0.717, 1.165) is 84.5 Å². The molecule has 0 aliphatic carbocycles. The monoisotopic (exact) mass is 645 g/mol. The Bertz CT molecular complexity index is 1880. The van der Waals surface area contributed by atoms with E-state index in [2.05, 4.69) is 61.4 Å². The summed E-state index contributed by atoms with van der Waals surface area (Å²) >= 11 is 0. The number of primary amides is 1. The van der Waals surface area contributed by atoms with Crippen LogP contribution in [-0.4, -0.2) is 82.2 Å². The average Bonchev–Trinajstić information content (AvgIpc) is 3.72. The number of nitrogens with zero attached hydrogens (tertiary/aromatic N) is 6. The third-order valence-corrected chi connectivity index (χ3v) is 9.84. The number of rotatable bonds is 9. The second-order valence-corrected chi connectivity index (χ2v) is 13.1. The van der Waals surface area contributed by atoms with Gasteiger partial charge in [0.15, 0.2) is 0 Å². The first-order valence-corrected chi connectivity index (χ1v) is 16.8. The van der Waals surface area contributed by atoms with Crippen LogP contribution >= 0.6 is 0 Å². The molecule has 2 N–H and O–H groups in total. The van der Waals surface area contributed by atoms with Crippen molar-refractivity contribution in [3.05, 3.63) is 108 Å². The minimum Gasteiger partial charge on any atom is -0.445 e. The molecule has 0 atom stereocenters. The summed E-state index contributed by atoms with van der Waals surface area (Å²) < 4.78 is 10.00. The van der Waals surface area contributed by atoms with Gasteiger partial charge in [0.2, 0.25) is 0 Å². The summed E-state index contributed by atoms with van der Waals surface area (Å²) in [6.45, 7) is 6.42. The average molecular weight is 646 g/mol. The van der Waals surface area contributed by atoms with Crippen LogP contribution in [0, 0.1) is 5.92 Å². The van der Waals surface area contributed by atoms with E-state index < -0.39 is 5.91 Å². The highest BCUT2D eigenvalue weighted by Gasteiger charge is 2.29. The Morgan fingerprint density at radius 1 is 0.854 bits per heavy atom. The normalized spacial score (nSPS) is 16.0. The molecule has 2 fully saturated rings. The van der Waals surface area contributed by atoms with Gasteiger partial charge in [-0.15, -0.1) is 0 Å². The van der Waals surface area contributed by atoms with Crippen LogP contribution in [0.25, 0.3) is 21.9 Å². The Kier molecular flexibility index (Phi) is 9.16. The lowest BCUT2D eigenvalue weighted by Gasteiger charge is -2.35. The third-order valence-electron chi connectivity index (χ3n) is 9.84. The van der Waals surface area contributed by atoms with E-state index >= 15 is 0 Å². The van der Waals surface area contributed by atoms with Crippen molar-refractivity contribution in [3.8, 4) is 11.1 Å². The van der Waals surface area contributed by atoms with Crippen LogP contribution in [0.5, 0.6) is 0 Å². The molecule has 2 amide bonds. The van der Waals surface area contributed by atoms with E-state index in [4.69, 9.17) is 10.5 Å². The number of nitrogens with two attached hydrogens (primary N) is 1. The SMILES string of the molecule is CN1CCN(c2c(C(N)=O)c(-c3cccc4ccccc34)cn2Cc2cncn2CC2CCN(C(=O)OCc3ccccc3)CC2)CC1. The lowest BCUT2D eigenvalue weighted by Crippen LogP contribution is -2.45. The fourth-order valence-electron chi connectivity index (χ4n) is 7.14. The second-order valence-electron chi connectivity index (χ2n) is 13.1. The molecule has 4 heterocycles. The van der Waals surface area contributed by atoms with Gasteiger partial charge in [-0.3, -0.25) is 4.79 Å². The van der Waals surface area contributed by atoms with E-state index in [0.29, 0.717) is 31.1 Å². The van der Waals surface area contributed by atoms with Gasteiger partial charge in [-0.05, 0) is 47.7 Å². The van der Waals surface area contributed by atoms with E-state index in [1.54, 1.807) is 0 Å². The van der Waals surface area contributed by atoms with Gasteiger partial charge in [-0.2, -0.15) is 0 Å². The molecule has 3 aromatic carbocycles. The number of piperidine rings is 1. The highest BCUT2D eigenvalue weighted by atomic mass is 16.6. The molecule has 0 unspecified atom stereocenters. The lowest BCUT2D eigenvalue weighted by molar-refractivity contribution is 0.0806. The number of carbonyl (C=O) groups excluding carboxylic acids is 2. The fraction of sp³-hybridized carbons (Fsp3) is 0.342. The van der Waals surface area contributed by atoms with Crippen LogP contribution in [-0.2, 0) is 24.4 Å². The maximum absolute atomic E-state index is 13.3. The van der Waals surface area contributed by atoms with E-state index in [-0.39, 0.29) is 12.7 Å². The highest BCUT2D eigenvalue weighted by Crippen LogP contribution is 2.38. The van der Waals surface area contributed by atoms with Crippen LogP contribution in [0.3, 0.4) is 0 Å². The summed E-state index contributed by atoms with van der Waals surface area (Å²) in [6.07, 6.45) is 7.46. The molecule has 0 radical (unpaired) electrons. The number of aromatic nitrogens is 3. The van der Waals surface area contributed by atoms with Gasteiger partial charge in [-0.25, -0.2) is 9.78 Å². The number of anilines is 1. The molecule has 10 nitrogen and oxygen atoms in total. The number of likely N-dealkylation sites (tertiary alicyclic amines) is 1. The van der Waals surface area contributed by atoms with Gasteiger partial charge in [0.1, 0.15) is 12.4 Å². The van der Waals surface area contributed by atoms with Crippen molar-refractivity contribution < 1.29 is 14.3 Å². The molecule has 0 spiro atoms. The van der Waals surface area contributed by atoms with Crippen molar-refractivity contribution in [2.24, 2.45) is 11.7 Å². The van der Waals surface area contributed by atoms with Crippen LogP contribution < -0.4 is 10.6 Å². The van der Waals surface area contributed by atoms with Crippen LogP contribution in [0.4, 0.5) is 10.6 Å². The number of ether oxygens (including phenoxy) is 1. The zero-order valence-corrected chi connectivity index (χ0v) is 27.5. The number of fused-ring (bicyclic) bond motifs is 1. The van der Waals surface area contributed by atoms with Crippen molar-refractivity contribution in [1.82, 2.24) is 23.9 Å². The number of amides is 2. The molecule has 2 aromatic heterocycles. The van der Waals surface area contributed by atoms with Crippen molar-refractivity contribution in [2.45, 2.75) is 32.5 Å². The summed E-state index contributed by atoms with van der Waals surface area (Å²) in [6, 6.07) is 24.2. The minimum atomic E-state index is -0.423. The van der Waals surface area contributed by atoms with Crippen molar-refractivity contribution in [2.75, 3.05) is 51.2 Å². The summed E-state index contributed by atoms with van der Waals surface area (Å²) in [5.41, 5.74) is 10.7. The number of piperazine rings is 1. The molecule has 48 heavy (non-hydrogen) atoms. The van der Waals surface area contributed by atoms with Crippen LogP contribution in [0.1, 0.15) is 34.5 Å². The molecule has 0 saturated carbocycles. The maximum Gasteiger partial charge on any atom is 0.410 e. The smallest absolute Gasteiger partial charge is 0.410 e. The van der Waals surface area contributed by atoms with Gasteiger partial charge in [0.25, 0.3) is 5.91 Å². The first kappa shape index (κ1) is 31.5. The Morgan fingerprint density at radius 3 is 2.35 bits per heavy atom. The third kappa shape index (κ3) is 6.66. The molecule has 248 valence electrons. The van der Waals surface area contributed by atoms with Gasteiger partial charge in [-0.1, -0.05) is 72.8 Å².